The van der Waals surface area contributed by atoms with Crippen molar-refractivity contribution in [1.29, 1.82) is 0 Å². The van der Waals surface area contributed by atoms with Gasteiger partial charge < -0.3 is 15.5 Å². The van der Waals surface area contributed by atoms with E-state index < -0.39 is 0 Å². The number of thiocarbonyl (C=S) groups is 1. The maximum Gasteiger partial charge on any atom is 0.170 e. The molecule has 0 saturated carbocycles. The maximum absolute atomic E-state index is 5.46. The van der Waals surface area contributed by atoms with Crippen LogP contribution in [-0.4, -0.2) is 35.7 Å². The Bertz CT molecular complexity index is 734. The number of thioether (sulfide) groups is 1. The molecule has 1 aliphatic rings. The molecule has 2 aromatic rings. The van der Waals surface area contributed by atoms with Gasteiger partial charge in [-0.2, -0.15) is 0 Å². The molecule has 1 unspecified atom stereocenters. The van der Waals surface area contributed by atoms with Crippen LogP contribution in [0.1, 0.15) is 44.6 Å². The summed E-state index contributed by atoms with van der Waals surface area (Å²) >= 11 is 7.32. The fourth-order valence-electron chi connectivity index (χ4n) is 3.84. The molecule has 2 aromatic carbocycles. The topological polar surface area (TPSA) is 27.3 Å². The van der Waals surface area contributed by atoms with Crippen molar-refractivity contribution in [1.82, 2.24) is 10.2 Å². The van der Waals surface area contributed by atoms with Crippen LogP contribution in [0.4, 0.5) is 5.69 Å². The van der Waals surface area contributed by atoms with Gasteiger partial charge in [0.05, 0.1) is 0 Å². The fraction of sp³-hybridized carbons (Fsp3) is 0.458. The number of hydrogen-bond donors (Lipinski definition) is 2. The van der Waals surface area contributed by atoms with Gasteiger partial charge in [-0.1, -0.05) is 43.7 Å². The van der Waals surface area contributed by atoms with Crippen molar-refractivity contribution < 1.29 is 0 Å². The quantitative estimate of drug-likeness (QED) is 0.294. The SMILES string of the molecule is CCC1CCCCN1CCCNC(=S)Nc1ccc(CSc2ccccc2)cc1. The fourth-order valence-corrected chi connectivity index (χ4v) is 4.94. The summed E-state index contributed by atoms with van der Waals surface area (Å²) in [5.74, 6) is 0.974. The van der Waals surface area contributed by atoms with Crippen LogP contribution in [0.15, 0.2) is 59.5 Å². The Morgan fingerprint density at radius 2 is 1.90 bits per heavy atom. The first-order chi connectivity index (χ1) is 14.2. The molecule has 29 heavy (non-hydrogen) atoms. The molecule has 0 radical (unpaired) electrons. The van der Waals surface area contributed by atoms with Crippen LogP contribution in [-0.2, 0) is 5.75 Å². The first-order valence-electron chi connectivity index (χ1n) is 10.8. The minimum Gasteiger partial charge on any atom is -0.362 e. The average molecular weight is 428 g/mol. The molecule has 2 N–H and O–H groups in total. The van der Waals surface area contributed by atoms with Crippen molar-refractivity contribution in [2.75, 3.05) is 25.0 Å². The van der Waals surface area contributed by atoms with Gasteiger partial charge in [0, 0.05) is 35.5 Å². The monoisotopic (exact) mass is 427 g/mol. The summed E-state index contributed by atoms with van der Waals surface area (Å²) in [5.41, 5.74) is 2.35. The molecule has 0 aromatic heterocycles. The number of likely N-dealkylation sites (tertiary alicyclic amines) is 1. The Morgan fingerprint density at radius 3 is 2.66 bits per heavy atom. The lowest BCUT2D eigenvalue weighted by Crippen LogP contribution is -2.40. The molecule has 156 valence electrons. The highest BCUT2D eigenvalue weighted by atomic mass is 32.2. The summed E-state index contributed by atoms with van der Waals surface area (Å²) in [5, 5.41) is 7.37. The minimum atomic E-state index is 0.710. The largest absolute Gasteiger partial charge is 0.362 e. The van der Waals surface area contributed by atoms with Crippen LogP contribution in [0, 0.1) is 0 Å². The van der Waals surface area contributed by atoms with Gasteiger partial charge in [0.25, 0.3) is 0 Å². The van der Waals surface area contributed by atoms with Crippen molar-refractivity contribution in [2.45, 2.75) is 55.7 Å². The second kappa shape index (κ2) is 12.2. The van der Waals surface area contributed by atoms with Gasteiger partial charge in [-0.25, -0.2) is 0 Å². The van der Waals surface area contributed by atoms with Gasteiger partial charge in [0.15, 0.2) is 5.11 Å². The first kappa shape index (κ1) is 22.1. The molecule has 0 bridgehead atoms. The highest BCUT2D eigenvalue weighted by molar-refractivity contribution is 7.98. The molecule has 0 spiro atoms. The number of anilines is 1. The zero-order valence-corrected chi connectivity index (χ0v) is 19.0. The summed E-state index contributed by atoms with van der Waals surface area (Å²) in [6, 6.07) is 19.9. The highest BCUT2D eigenvalue weighted by Gasteiger charge is 2.19. The predicted octanol–water partition coefficient (Wildman–Crippen LogP) is 5.92. The molecule has 1 fully saturated rings. The van der Waals surface area contributed by atoms with Crippen LogP contribution in [0.3, 0.4) is 0 Å². The molecular formula is C24H33N3S2. The summed E-state index contributed by atoms with van der Waals surface area (Å²) < 4.78 is 0. The van der Waals surface area contributed by atoms with E-state index in [9.17, 15) is 0 Å². The van der Waals surface area contributed by atoms with E-state index in [1.807, 2.05) is 11.8 Å². The highest BCUT2D eigenvalue weighted by Crippen LogP contribution is 2.23. The summed E-state index contributed by atoms with van der Waals surface area (Å²) in [4.78, 5) is 3.96. The van der Waals surface area contributed by atoms with E-state index in [0.29, 0.717) is 5.11 Å². The molecule has 1 saturated heterocycles. The van der Waals surface area contributed by atoms with Crippen molar-refractivity contribution in [2.24, 2.45) is 0 Å². The third-order valence-corrected chi connectivity index (χ3v) is 6.82. The number of hydrogen-bond acceptors (Lipinski definition) is 3. The van der Waals surface area contributed by atoms with E-state index in [4.69, 9.17) is 12.2 Å². The van der Waals surface area contributed by atoms with Gasteiger partial charge in [-0.15, -0.1) is 11.8 Å². The van der Waals surface area contributed by atoms with Gasteiger partial charge in [-0.05, 0) is 74.3 Å². The van der Waals surface area contributed by atoms with E-state index >= 15 is 0 Å². The van der Waals surface area contributed by atoms with Gasteiger partial charge >= 0.3 is 0 Å². The normalized spacial score (nSPS) is 17.1. The lowest BCUT2D eigenvalue weighted by molar-refractivity contribution is 0.143. The number of nitrogens with one attached hydrogen (secondary N) is 2. The second-order valence-corrected chi connectivity index (χ2v) is 9.08. The number of benzene rings is 2. The van der Waals surface area contributed by atoms with E-state index in [2.05, 4.69) is 77.1 Å². The first-order valence-corrected chi connectivity index (χ1v) is 12.2. The lowest BCUT2D eigenvalue weighted by atomic mass is 10.00. The third kappa shape index (κ3) is 7.65. The van der Waals surface area contributed by atoms with Crippen molar-refractivity contribution >= 4 is 34.8 Å². The van der Waals surface area contributed by atoms with Crippen LogP contribution in [0.5, 0.6) is 0 Å². The van der Waals surface area contributed by atoms with Crippen molar-refractivity contribution in [3.05, 3.63) is 60.2 Å². The second-order valence-electron chi connectivity index (χ2n) is 7.63. The maximum atomic E-state index is 5.46. The number of rotatable bonds is 9. The molecule has 0 amide bonds. The summed E-state index contributed by atoms with van der Waals surface area (Å²) in [7, 11) is 0. The van der Waals surface area contributed by atoms with Crippen LogP contribution >= 0.6 is 24.0 Å². The summed E-state index contributed by atoms with van der Waals surface area (Å²) in [6.45, 7) is 5.66. The third-order valence-electron chi connectivity index (χ3n) is 5.49. The standard InChI is InChI=1S/C24H33N3S2/c1-2-22-9-6-7-17-27(22)18-8-16-25-24(28)26-21-14-12-20(13-15-21)19-29-23-10-4-3-5-11-23/h3-5,10-15,22H,2,6-9,16-19H2,1H3,(H2,25,26,28). The molecular weight excluding hydrogens is 394 g/mol. The molecule has 3 nitrogen and oxygen atoms in total. The predicted molar refractivity (Wildman–Crippen MR) is 131 cm³/mol. The minimum absolute atomic E-state index is 0.710. The average Bonchev–Trinajstić information content (AvgIpc) is 2.77. The zero-order chi connectivity index (χ0) is 20.3. The Hall–Kier alpha value is -1.56. The zero-order valence-electron chi connectivity index (χ0n) is 17.4. The van der Waals surface area contributed by atoms with Crippen LogP contribution in [0.2, 0.25) is 0 Å². The Kier molecular flexibility index (Phi) is 9.32. The van der Waals surface area contributed by atoms with E-state index in [1.165, 1.54) is 49.2 Å². The smallest absolute Gasteiger partial charge is 0.170 e. The molecule has 1 heterocycles. The molecule has 1 aliphatic heterocycles. The molecule has 5 heteroatoms. The Balaban J connectivity index is 1.33. The van der Waals surface area contributed by atoms with Gasteiger partial charge in [0.1, 0.15) is 0 Å². The van der Waals surface area contributed by atoms with Gasteiger partial charge in [0.2, 0.25) is 0 Å². The Morgan fingerprint density at radius 1 is 1.10 bits per heavy atom. The van der Waals surface area contributed by atoms with Crippen LogP contribution < -0.4 is 10.6 Å². The van der Waals surface area contributed by atoms with Crippen molar-refractivity contribution in [3.63, 3.8) is 0 Å². The molecule has 1 atom stereocenters. The van der Waals surface area contributed by atoms with E-state index in [0.717, 1.165) is 30.4 Å². The number of nitrogens with zero attached hydrogens (tertiary/aromatic N) is 1. The van der Waals surface area contributed by atoms with Crippen LogP contribution in [0.25, 0.3) is 0 Å². The number of piperidine rings is 1. The van der Waals surface area contributed by atoms with Crippen molar-refractivity contribution in [3.8, 4) is 0 Å². The molecule has 3 rings (SSSR count). The molecule has 0 aliphatic carbocycles. The summed E-state index contributed by atoms with van der Waals surface area (Å²) in [6.07, 6.45) is 6.51. The van der Waals surface area contributed by atoms with E-state index in [-0.39, 0.29) is 0 Å². The lowest BCUT2D eigenvalue weighted by Gasteiger charge is -2.35. The Labute approximate surface area is 185 Å². The van der Waals surface area contributed by atoms with E-state index in [1.54, 1.807) is 0 Å². The van der Waals surface area contributed by atoms with Gasteiger partial charge in [-0.3, -0.25) is 0 Å².